The summed E-state index contributed by atoms with van der Waals surface area (Å²) in [6.45, 7) is 1.77. The number of nitrogens with one attached hydrogen (secondary N) is 1. The van der Waals surface area contributed by atoms with Crippen molar-refractivity contribution in [2.75, 3.05) is 11.1 Å². The van der Waals surface area contributed by atoms with Gasteiger partial charge in [0.1, 0.15) is 11.6 Å². The zero-order chi connectivity index (χ0) is 13.3. The summed E-state index contributed by atoms with van der Waals surface area (Å²) in [5, 5.41) is 3.00. The number of halogens is 3. The van der Waals surface area contributed by atoms with Gasteiger partial charge in [-0.1, -0.05) is 0 Å². The van der Waals surface area contributed by atoms with Crippen LogP contribution < -0.4 is 11.1 Å². The van der Waals surface area contributed by atoms with Crippen LogP contribution in [0.4, 0.5) is 25.8 Å². The largest absolute Gasteiger partial charge is 0.397 e. The van der Waals surface area contributed by atoms with Crippen molar-refractivity contribution in [2.45, 2.75) is 6.92 Å². The maximum atomic E-state index is 13.5. The van der Waals surface area contributed by atoms with Gasteiger partial charge in [-0.3, -0.25) is 0 Å². The van der Waals surface area contributed by atoms with Crippen molar-refractivity contribution >= 4 is 39.7 Å². The number of hydrogen-bond donors (Lipinski definition) is 2. The number of benzene rings is 2. The molecule has 0 aliphatic carbocycles. The monoisotopic (exact) mass is 360 g/mol. The molecule has 0 saturated heterocycles. The minimum atomic E-state index is -0.341. The standard InChI is InChI=1S/C13H11F2IN2/c1-7-4-8(14)2-3-12(7)18-13-5-9(15)10(16)6-11(13)17/h2-6,18H,17H2,1H3. The first kappa shape index (κ1) is 13.1. The third-order valence-electron chi connectivity index (χ3n) is 2.55. The zero-order valence-corrected chi connectivity index (χ0v) is 11.8. The molecule has 0 aliphatic rings. The predicted molar refractivity (Wildman–Crippen MR) is 77.9 cm³/mol. The summed E-state index contributed by atoms with van der Waals surface area (Å²) >= 11 is 1.88. The van der Waals surface area contributed by atoms with Gasteiger partial charge >= 0.3 is 0 Å². The molecular weight excluding hydrogens is 349 g/mol. The first-order valence-electron chi connectivity index (χ1n) is 5.25. The lowest BCUT2D eigenvalue weighted by Gasteiger charge is -2.12. The number of anilines is 3. The third-order valence-corrected chi connectivity index (χ3v) is 3.38. The molecule has 2 nitrogen and oxygen atoms in total. The third kappa shape index (κ3) is 2.72. The number of nitrogens with two attached hydrogens (primary N) is 1. The number of nitrogen functional groups attached to an aromatic ring is 1. The van der Waals surface area contributed by atoms with Gasteiger partial charge < -0.3 is 11.1 Å². The van der Waals surface area contributed by atoms with Crippen molar-refractivity contribution in [1.82, 2.24) is 0 Å². The van der Waals surface area contributed by atoms with Crippen molar-refractivity contribution in [3.63, 3.8) is 0 Å². The lowest BCUT2D eigenvalue weighted by molar-refractivity contribution is 0.621. The average molecular weight is 360 g/mol. The van der Waals surface area contributed by atoms with Crippen LogP contribution in [-0.4, -0.2) is 0 Å². The maximum absolute atomic E-state index is 13.5. The molecule has 0 amide bonds. The lowest BCUT2D eigenvalue weighted by Crippen LogP contribution is -2.00. The quantitative estimate of drug-likeness (QED) is 0.622. The SMILES string of the molecule is Cc1cc(F)ccc1Nc1cc(F)c(I)cc1N. The van der Waals surface area contributed by atoms with Gasteiger partial charge in [-0.05, 0) is 59.3 Å². The van der Waals surface area contributed by atoms with Crippen molar-refractivity contribution in [1.29, 1.82) is 0 Å². The van der Waals surface area contributed by atoms with Crippen molar-refractivity contribution in [3.8, 4) is 0 Å². The summed E-state index contributed by atoms with van der Waals surface area (Å²) in [5.74, 6) is -0.646. The Bertz CT molecular complexity index is 600. The van der Waals surface area contributed by atoms with E-state index in [9.17, 15) is 8.78 Å². The Kier molecular flexibility index (Phi) is 3.70. The number of aryl methyl sites for hydroxylation is 1. The molecule has 2 aromatic rings. The summed E-state index contributed by atoms with van der Waals surface area (Å²) < 4.78 is 26.9. The summed E-state index contributed by atoms with van der Waals surface area (Å²) in [7, 11) is 0. The molecule has 0 heterocycles. The van der Waals surface area contributed by atoms with Crippen LogP contribution in [-0.2, 0) is 0 Å². The lowest BCUT2D eigenvalue weighted by atomic mass is 10.2. The van der Waals surface area contributed by atoms with Gasteiger partial charge in [0, 0.05) is 11.8 Å². The van der Waals surface area contributed by atoms with Crippen LogP contribution in [0.2, 0.25) is 0 Å². The summed E-state index contributed by atoms with van der Waals surface area (Å²) in [6, 6.07) is 7.23. The van der Waals surface area contributed by atoms with Gasteiger partial charge in [-0.2, -0.15) is 0 Å². The first-order chi connectivity index (χ1) is 8.47. The predicted octanol–water partition coefficient (Wildman–Crippen LogP) is 4.20. The topological polar surface area (TPSA) is 38.0 Å². The Morgan fingerprint density at radius 1 is 1.11 bits per heavy atom. The van der Waals surface area contributed by atoms with Crippen LogP contribution in [0.25, 0.3) is 0 Å². The minimum Gasteiger partial charge on any atom is -0.397 e. The molecule has 0 saturated carbocycles. The Labute approximate surface area is 117 Å². The van der Waals surface area contributed by atoms with Crippen LogP contribution in [0.1, 0.15) is 5.56 Å². The molecule has 0 atom stereocenters. The second-order valence-corrected chi connectivity index (χ2v) is 5.10. The van der Waals surface area contributed by atoms with Crippen LogP contribution in [0, 0.1) is 22.1 Å². The Balaban J connectivity index is 2.37. The van der Waals surface area contributed by atoms with Gasteiger partial charge in [0.2, 0.25) is 0 Å². The highest BCUT2D eigenvalue weighted by molar-refractivity contribution is 14.1. The Morgan fingerprint density at radius 2 is 1.83 bits per heavy atom. The van der Waals surface area contributed by atoms with E-state index in [0.717, 1.165) is 5.56 Å². The van der Waals surface area contributed by atoms with E-state index in [0.29, 0.717) is 20.6 Å². The normalized spacial score (nSPS) is 10.4. The number of hydrogen-bond acceptors (Lipinski definition) is 2. The van der Waals surface area contributed by atoms with Crippen molar-refractivity contribution < 1.29 is 8.78 Å². The van der Waals surface area contributed by atoms with Gasteiger partial charge in [-0.25, -0.2) is 8.78 Å². The molecule has 0 fully saturated rings. The minimum absolute atomic E-state index is 0.306. The van der Waals surface area contributed by atoms with Crippen LogP contribution in [0.15, 0.2) is 30.3 Å². The van der Waals surface area contributed by atoms with Crippen molar-refractivity contribution in [2.24, 2.45) is 0 Å². The Hall–Kier alpha value is -1.37. The highest BCUT2D eigenvalue weighted by atomic mass is 127. The maximum Gasteiger partial charge on any atom is 0.138 e. The molecule has 18 heavy (non-hydrogen) atoms. The van der Waals surface area contributed by atoms with E-state index >= 15 is 0 Å². The smallest absolute Gasteiger partial charge is 0.138 e. The molecule has 0 aliphatic heterocycles. The van der Waals surface area contributed by atoms with E-state index in [1.165, 1.54) is 18.2 Å². The van der Waals surface area contributed by atoms with Crippen LogP contribution in [0.3, 0.4) is 0 Å². The van der Waals surface area contributed by atoms with E-state index in [2.05, 4.69) is 5.32 Å². The van der Waals surface area contributed by atoms with Crippen LogP contribution >= 0.6 is 22.6 Å². The average Bonchev–Trinajstić information content (AvgIpc) is 2.29. The molecular formula is C13H11F2IN2. The fraction of sp³-hybridized carbons (Fsp3) is 0.0769. The zero-order valence-electron chi connectivity index (χ0n) is 9.60. The van der Waals surface area contributed by atoms with E-state index in [4.69, 9.17) is 5.73 Å². The molecule has 0 spiro atoms. The van der Waals surface area contributed by atoms with Crippen LogP contribution in [0.5, 0.6) is 0 Å². The molecule has 2 aromatic carbocycles. The highest BCUT2D eigenvalue weighted by Crippen LogP contribution is 2.28. The van der Waals surface area contributed by atoms with E-state index < -0.39 is 0 Å². The molecule has 0 radical (unpaired) electrons. The van der Waals surface area contributed by atoms with Gasteiger partial charge in [0.05, 0.1) is 14.9 Å². The molecule has 2 rings (SSSR count). The second-order valence-electron chi connectivity index (χ2n) is 3.94. The molecule has 0 bridgehead atoms. The fourth-order valence-corrected chi connectivity index (χ4v) is 2.07. The summed E-state index contributed by atoms with van der Waals surface area (Å²) in [4.78, 5) is 0. The van der Waals surface area contributed by atoms with E-state index in [1.807, 2.05) is 22.6 Å². The molecule has 3 N–H and O–H groups in total. The van der Waals surface area contributed by atoms with E-state index in [-0.39, 0.29) is 11.6 Å². The first-order valence-corrected chi connectivity index (χ1v) is 6.33. The fourth-order valence-electron chi connectivity index (χ4n) is 1.58. The second kappa shape index (κ2) is 5.09. The van der Waals surface area contributed by atoms with E-state index in [1.54, 1.807) is 19.1 Å². The van der Waals surface area contributed by atoms with Gasteiger partial charge in [0.15, 0.2) is 0 Å². The van der Waals surface area contributed by atoms with Crippen molar-refractivity contribution in [3.05, 3.63) is 51.1 Å². The molecule has 0 aromatic heterocycles. The molecule has 5 heteroatoms. The van der Waals surface area contributed by atoms with Gasteiger partial charge in [0.25, 0.3) is 0 Å². The highest BCUT2D eigenvalue weighted by Gasteiger charge is 2.07. The summed E-state index contributed by atoms with van der Waals surface area (Å²) in [6.07, 6.45) is 0. The number of rotatable bonds is 2. The Morgan fingerprint density at radius 3 is 2.50 bits per heavy atom. The molecule has 94 valence electrons. The molecule has 0 unspecified atom stereocenters. The van der Waals surface area contributed by atoms with Gasteiger partial charge in [-0.15, -0.1) is 0 Å². The summed E-state index contributed by atoms with van der Waals surface area (Å²) in [5.41, 5.74) is 8.16.